The number of carboxylic acid groups (broad SMARTS) is 1. The quantitative estimate of drug-likeness (QED) is 0.0434. The number of rotatable bonds is 17. The summed E-state index contributed by atoms with van der Waals surface area (Å²) in [5.74, 6) is -1.91. The Morgan fingerprint density at radius 1 is 1.36 bits per heavy atom. The van der Waals surface area contributed by atoms with Crippen molar-refractivity contribution in [3.63, 3.8) is 0 Å². The molecular weight excluding hydrogens is 607 g/mol. The zero-order valence-corrected chi connectivity index (χ0v) is 25.0. The first-order valence-corrected chi connectivity index (χ1v) is 15.9. The third kappa shape index (κ3) is 7.16. The molecule has 224 valence electrons. The molecule has 2 aromatic heterocycles. The number of β-lactam (4-membered cyclic amide) rings is 1. The molecule has 1 saturated heterocycles. The molecule has 2 aliphatic rings. The van der Waals surface area contributed by atoms with Crippen LogP contribution in [0.1, 0.15) is 38.3 Å². The summed E-state index contributed by atoms with van der Waals surface area (Å²) >= 11 is 3.74. The minimum atomic E-state index is -1.23. The number of hydrogen-bond acceptors (Lipinski definition) is 13. The number of oxime groups is 1. The fourth-order valence-corrected chi connectivity index (χ4v) is 7.19. The molecule has 3 amide bonds. The number of thioether (sulfide) groups is 2. The van der Waals surface area contributed by atoms with Gasteiger partial charge in [0.1, 0.15) is 29.4 Å². The van der Waals surface area contributed by atoms with E-state index in [0.717, 1.165) is 37.0 Å². The molecule has 0 aliphatic carbocycles. The second kappa shape index (κ2) is 14.9. The zero-order valence-electron chi connectivity index (χ0n) is 22.6. The van der Waals surface area contributed by atoms with Crippen LogP contribution in [0, 0.1) is 0 Å². The first-order chi connectivity index (χ1) is 20.4. The van der Waals surface area contributed by atoms with Gasteiger partial charge >= 0.3 is 5.97 Å². The van der Waals surface area contributed by atoms with Crippen molar-refractivity contribution >= 4 is 69.9 Å². The van der Waals surface area contributed by atoms with E-state index in [4.69, 9.17) is 4.84 Å². The van der Waals surface area contributed by atoms with E-state index in [0.29, 0.717) is 29.4 Å². The minimum absolute atomic E-state index is 0.0216. The first kappa shape index (κ1) is 31.2. The van der Waals surface area contributed by atoms with Crippen molar-refractivity contribution in [2.24, 2.45) is 5.16 Å². The fourth-order valence-electron chi connectivity index (χ4n) is 4.14. The Hall–Kier alpha value is -3.77. The van der Waals surface area contributed by atoms with E-state index < -0.39 is 29.2 Å². The van der Waals surface area contributed by atoms with Gasteiger partial charge in [0.15, 0.2) is 10.8 Å². The van der Waals surface area contributed by atoms with E-state index in [1.165, 1.54) is 39.9 Å². The lowest BCUT2D eigenvalue weighted by Crippen LogP contribution is -2.71. The van der Waals surface area contributed by atoms with Gasteiger partial charge in [0.05, 0.1) is 0 Å². The van der Waals surface area contributed by atoms with E-state index in [9.17, 15) is 24.3 Å². The first-order valence-electron chi connectivity index (χ1n) is 13.0. The zero-order chi connectivity index (χ0) is 30.1. The molecule has 2 atom stereocenters. The number of tetrazole rings is 1. The Morgan fingerprint density at radius 2 is 2.19 bits per heavy atom. The Bertz CT molecular complexity index is 1390. The number of carboxylic acids is 1. The Kier molecular flexibility index (Phi) is 11.1. The predicted octanol–water partition coefficient (Wildman–Crippen LogP) is 1.72. The summed E-state index contributed by atoms with van der Waals surface area (Å²) in [6, 6.07) is -0.989. The Balaban J connectivity index is 1.44. The number of nitrogens with zero attached hydrogens (tertiary/aromatic N) is 7. The summed E-state index contributed by atoms with van der Waals surface area (Å²) in [5, 5.41) is 32.4. The number of carbonyl (C=O) groups excluding carboxylic acids is 3. The van der Waals surface area contributed by atoms with E-state index in [1.807, 2.05) is 0 Å². The van der Waals surface area contributed by atoms with E-state index in [1.54, 1.807) is 4.68 Å². The molecule has 4 rings (SSSR count). The van der Waals surface area contributed by atoms with Crippen molar-refractivity contribution in [3.05, 3.63) is 35.0 Å². The third-order valence-corrected chi connectivity index (χ3v) is 9.28. The van der Waals surface area contributed by atoms with E-state index >= 15 is 0 Å². The standard InChI is InChI=1S/C24H29N9O6S3/c1-3-5-6-7-8-32-24(28-30-31-32)42-11-14-10-40-21-17(20(36)33(21)18(14)22(37)38)27-19(35)16(29-39-9-4-2)15-12-41-23(26-15)25-13-34/h4,12-13,17,21H,2-3,5-11H2,1H3,(H,27,35)(H,37,38)(H,25,26,34)/t17?,21-/m0/s1. The SMILES string of the molecule is C=CCON=C(C(=O)NC1C(=O)N2C(C(=O)O)=C(CSc3nnnn3CCCCCC)CS[C@@H]12)c1csc(NC=O)n1. The monoisotopic (exact) mass is 635 g/mol. The number of aryl methyl sites for hydroxylation is 1. The van der Waals surface area contributed by atoms with Gasteiger partial charge in [-0.2, -0.15) is 0 Å². The molecule has 0 spiro atoms. The molecular formula is C24H29N9O6S3. The smallest absolute Gasteiger partial charge is 0.352 e. The molecule has 1 unspecified atom stereocenters. The molecule has 42 heavy (non-hydrogen) atoms. The number of aliphatic carboxylic acids is 1. The van der Waals surface area contributed by atoms with Gasteiger partial charge in [0.2, 0.25) is 11.6 Å². The molecule has 1 fully saturated rings. The molecule has 2 aliphatic heterocycles. The van der Waals surface area contributed by atoms with Gasteiger partial charge in [0.25, 0.3) is 11.8 Å². The predicted molar refractivity (Wildman–Crippen MR) is 157 cm³/mol. The maximum Gasteiger partial charge on any atom is 0.352 e. The topological polar surface area (TPSA) is 194 Å². The largest absolute Gasteiger partial charge is 0.477 e. The van der Waals surface area contributed by atoms with Crippen molar-refractivity contribution in [2.75, 3.05) is 23.4 Å². The molecule has 4 heterocycles. The molecule has 18 heteroatoms. The molecule has 2 aromatic rings. The fraction of sp³-hybridized carbons (Fsp3) is 0.458. The highest BCUT2D eigenvalue weighted by Gasteiger charge is 2.54. The van der Waals surface area contributed by atoms with Gasteiger partial charge in [-0.3, -0.25) is 19.3 Å². The van der Waals surface area contributed by atoms with Crippen LogP contribution in [0.4, 0.5) is 5.13 Å². The molecule has 0 saturated carbocycles. The number of hydrogen-bond donors (Lipinski definition) is 3. The second-order valence-electron chi connectivity index (χ2n) is 8.98. The average Bonchev–Trinajstić information content (AvgIpc) is 3.64. The van der Waals surface area contributed by atoms with Crippen molar-refractivity contribution in [2.45, 2.75) is 55.7 Å². The van der Waals surface area contributed by atoms with Crippen molar-refractivity contribution in [1.29, 1.82) is 0 Å². The summed E-state index contributed by atoms with van der Waals surface area (Å²) in [4.78, 5) is 59.8. The van der Waals surface area contributed by atoms with Crippen molar-refractivity contribution in [3.8, 4) is 0 Å². The van der Waals surface area contributed by atoms with Crippen LogP contribution in [-0.2, 0) is 30.6 Å². The number of fused-ring (bicyclic) bond motifs is 1. The van der Waals surface area contributed by atoms with Crippen LogP contribution in [-0.4, -0.2) is 94.6 Å². The number of amides is 3. The summed E-state index contributed by atoms with van der Waals surface area (Å²) in [6.45, 7) is 6.36. The van der Waals surface area contributed by atoms with Crippen LogP contribution in [0.15, 0.2) is 39.6 Å². The Labute approximate surface area is 253 Å². The van der Waals surface area contributed by atoms with Gasteiger partial charge in [-0.15, -0.1) is 28.2 Å². The maximum absolute atomic E-state index is 13.2. The van der Waals surface area contributed by atoms with Gasteiger partial charge in [0, 0.05) is 23.4 Å². The number of carbonyl (C=O) groups is 4. The van der Waals surface area contributed by atoms with Gasteiger partial charge in [-0.1, -0.05) is 55.8 Å². The highest BCUT2D eigenvalue weighted by Crippen LogP contribution is 2.41. The van der Waals surface area contributed by atoms with Gasteiger partial charge in [-0.05, 0) is 22.4 Å². The van der Waals surface area contributed by atoms with Gasteiger partial charge in [-0.25, -0.2) is 14.5 Å². The normalized spacial score (nSPS) is 18.3. The molecule has 0 aromatic carbocycles. The van der Waals surface area contributed by atoms with Crippen LogP contribution in [0.2, 0.25) is 0 Å². The van der Waals surface area contributed by atoms with Crippen LogP contribution < -0.4 is 10.6 Å². The lowest BCUT2D eigenvalue weighted by molar-refractivity contribution is -0.150. The molecule has 15 nitrogen and oxygen atoms in total. The van der Waals surface area contributed by atoms with Crippen LogP contribution in [0.25, 0.3) is 0 Å². The summed E-state index contributed by atoms with van der Waals surface area (Å²) in [5.41, 5.74) is 0.378. The van der Waals surface area contributed by atoms with Crippen molar-refractivity contribution < 1.29 is 29.1 Å². The highest BCUT2D eigenvalue weighted by atomic mass is 32.2. The number of anilines is 1. The summed E-state index contributed by atoms with van der Waals surface area (Å²) < 4.78 is 1.71. The second-order valence-corrected chi connectivity index (χ2v) is 11.9. The van der Waals surface area contributed by atoms with Crippen LogP contribution in [0.5, 0.6) is 0 Å². The van der Waals surface area contributed by atoms with Crippen molar-refractivity contribution in [1.82, 2.24) is 35.4 Å². The summed E-state index contributed by atoms with van der Waals surface area (Å²) in [6.07, 6.45) is 6.15. The lowest BCUT2D eigenvalue weighted by Gasteiger charge is -2.49. The molecule has 0 bridgehead atoms. The van der Waals surface area contributed by atoms with E-state index in [2.05, 4.69) is 49.8 Å². The molecule has 0 radical (unpaired) electrons. The number of nitrogens with one attached hydrogen (secondary N) is 2. The number of unbranched alkanes of at least 4 members (excludes halogenated alkanes) is 3. The average molecular weight is 636 g/mol. The Morgan fingerprint density at radius 3 is 2.93 bits per heavy atom. The van der Waals surface area contributed by atoms with Crippen LogP contribution >= 0.6 is 34.9 Å². The number of aromatic nitrogens is 5. The minimum Gasteiger partial charge on any atom is -0.477 e. The lowest BCUT2D eigenvalue weighted by atomic mass is 10.0. The highest BCUT2D eigenvalue weighted by molar-refractivity contribution is 8.01. The van der Waals surface area contributed by atoms with Gasteiger partial charge < -0.3 is 20.6 Å². The van der Waals surface area contributed by atoms with E-state index in [-0.39, 0.29) is 34.6 Å². The maximum atomic E-state index is 13.2. The summed E-state index contributed by atoms with van der Waals surface area (Å²) in [7, 11) is 0. The number of thiazole rings is 1. The molecule has 3 N–H and O–H groups in total. The van der Waals surface area contributed by atoms with Crippen LogP contribution in [0.3, 0.4) is 0 Å². The third-order valence-electron chi connectivity index (χ3n) is 6.13.